The Morgan fingerprint density at radius 1 is 1.41 bits per heavy atom. The minimum absolute atomic E-state index is 0.385. The predicted molar refractivity (Wildman–Crippen MR) is 68.2 cm³/mol. The van der Waals surface area contributed by atoms with E-state index in [0.29, 0.717) is 18.7 Å². The Morgan fingerprint density at radius 2 is 2.18 bits per heavy atom. The average molecular weight is 235 g/mol. The topological polar surface area (TPSA) is 41.5 Å². The molecule has 1 aliphatic carbocycles. The van der Waals surface area contributed by atoms with Gasteiger partial charge in [-0.15, -0.1) is 0 Å². The van der Waals surface area contributed by atoms with E-state index >= 15 is 0 Å². The second-order valence-electron chi connectivity index (χ2n) is 4.97. The fourth-order valence-electron chi connectivity index (χ4n) is 1.64. The Kier molecular flexibility index (Phi) is 4.02. The largest absolute Gasteiger partial charge is 0.490 e. The molecule has 1 saturated carbocycles. The van der Waals surface area contributed by atoms with E-state index in [2.05, 4.69) is 19.2 Å². The summed E-state index contributed by atoms with van der Waals surface area (Å²) in [7, 11) is 0. The normalized spacial score (nSPS) is 17.2. The van der Waals surface area contributed by atoms with Gasteiger partial charge in [-0.2, -0.15) is 0 Å². The third kappa shape index (κ3) is 4.02. The van der Waals surface area contributed by atoms with E-state index in [1.54, 1.807) is 0 Å². The molecule has 1 atom stereocenters. The van der Waals surface area contributed by atoms with Crippen LogP contribution in [0.15, 0.2) is 24.3 Å². The highest BCUT2D eigenvalue weighted by Crippen LogP contribution is 2.28. The average Bonchev–Trinajstić information content (AvgIpc) is 3.10. The van der Waals surface area contributed by atoms with Crippen LogP contribution in [0, 0.1) is 0 Å². The van der Waals surface area contributed by atoms with Gasteiger partial charge >= 0.3 is 0 Å². The second kappa shape index (κ2) is 5.52. The zero-order chi connectivity index (χ0) is 12.3. The minimum atomic E-state index is -0.472. The molecule has 0 saturated heterocycles. The van der Waals surface area contributed by atoms with Gasteiger partial charge in [-0.1, -0.05) is 26.0 Å². The predicted octanol–water partition coefficient (Wildman–Crippen LogP) is 2.26. The van der Waals surface area contributed by atoms with Crippen molar-refractivity contribution in [2.75, 3.05) is 6.54 Å². The molecule has 0 radical (unpaired) electrons. The van der Waals surface area contributed by atoms with Crippen molar-refractivity contribution in [3.8, 4) is 5.75 Å². The molecule has 94 valence electrons. The summed E-state index contributed by atoms with van der Waals surface area (Å²) < 4.78 is 5.71. The highest BCUT2D eigenvalue weighted by Gasteiger charge is 2.23. The molecule has 0 amide bonds. The summed E-state index contributed by atoms with van der Waals surface area (Å²) in [5, 5.41) is 13.3. The minimum Gasteiger partial charge on any atom is -0.490 e. The van der Waals surface area contributed by atoms with Crippen molar-refractivity contribution in [3.63, 3.8) is 0 Å². The maximum Gasteiger partial charge on any atom is 0.120 e. The van der Waals surface area contributed by atoms with Gasteiger partial charge < -0.3 is 15.2 Å². The van der Waals surface area contributed by atoms with Gasteiger partial charge in [0.2, 0.25) is 0 Å². The van der Waals surface area contributed by atoms with Gasteiger partial charge in [0.05, 0.1) is 12.2 Å². The summed E-state index contributed by atoms with van der Waals surface area (Å²) in [5.74, 6) is 0.869. The van der Waals surface area contributed by atoms with E-state index < -0.39 is 6.10 Å². The molecule has 0 bridgehead atoms. The second-order valence-corrected chi connectivity index (χ2v) is 4.97. The number of rotatable bonds is 6. The fraction of sp³-hybridized carbons (Fsp3) is 0.571. The Hall–Kier alpha value is -1.06. The monoisotopic (exact) mass is 235 g/mol. The van der Waals surface area contributed by atoms with Crippen molar-refractivity contribution in [2.45, 2.75) is 44.9 Å². The summed E-state index contributed by atoms with van der Waals surface area (Å²) >= 11 is 0. The highest BCUT2D eigenvalue weighted by atomic mass is 16.5. The first-order valence-corrected chi connectivity index (χ1v) is 6.33. The molecule has 0 spiro atoms. The highest BCUT2D eigenvalue weighted by molar-refractivity contribution is 5.30. The van der Waals surface area contributed by atoms with Crippen LogP contribution in [0.1, 0.15) is 38.4 Å². The summed E-state index contributed by atoms with van der Waals surface area (Å²) in [6.45, 7) is 4.71. The number of hydrogen-bond donors (Lipinski definition) is 2. The molecule has 1 unspecified atom stereocenters. The number of ether oxygens (including phenoxy) is 1. The molecular formula is C14H21NO2. The van der Waals surface area contributed by atoms with E-state index in [1.807, 2.05) is 24.3 Å². The van der Waals surface area contributed by atoms with E-state index in [4.69, 9.17) is 4.74 Å². The zero-order valence-electron chi connectivity index (χ0n) is 10.5. The Balaban J connectivity index is 1.93. The molecule has 1 aliphatic rings. The third-order valence-electron chi connectivity index (χ3n) is 2.79. The molecule has 1 fully saturated rings. The first kappa shape index (κ1) is 12.4. The molecule has 2 rings (SSSR count). The molecule has 1 aromatic carbocycles. The molecule has 0 heterocycles. The van der Waals surface area contributed by atoms with Crippen LogP contribution in [0.25, 0.3) is 0 Å². The van der Waals surface area contributed by atoms with Gasteiger partial charge in [-0.25, -0.2) is 0 Å². The van der Waals surface area contributed by atoms with E-state index in [9.17, 15) is 5.11 Å². The van der Waals surface area contributed by atoms with Gasteiger partial charge in [0.1, 0.15) is 5.75 Å². The lowest BCUT2D eigenvalue weighted by Gasteiger charge is -2.15. The Bertz CT molecular complexity index is 361. The summed E-state index contributed by atoms with van der Waals surface area (Å²) in [6.07, 6.45) is 2.24. The number of nitrogens with one attached hydrogen (secondary N) is 1. The summed E-state index contributed by atoms with van der Waals surface area (Å²) in [4.78, 5) is 0. The van der Waals surface area contributed by atoms with Crippen LogP contribution >= 0.6 is 0 Å². The zero-order valence-corrected chi connectivity index (χ0v) is 10.5. The molecule has 3 heteroatoms. The van der Waals surface area contributed by atoms with E-state index in [0.717, 1.165) is 24.2 Å². The Labute approximate surface area is 103 Å². The molecule has 0 aromatic heterocycles. The lowest BCUT2D eigenvalue weighted by Crippen LogP contribution is -2.27. The third-order valence-corrected chi connectivity index (χ3v) is 2.79. The van der Waals surface area contributed by atoms with Crippen LogP contribution in [-0.4, -0.2) is 23.8 Å². The molecule has 0 aliphatic heterocycles. The van der Waals surface area contributed by atoms with Gasteiger partial charge in [-0.05, 0) is 30.5 Å². The number of benzene rings is 1. The molecule has 3 nitrogen and oxygen atoms in total. The first-order valence-electron chi connectivity index (χ1n) is 6.33. The summed E-state index contributed by atoms with van der Waals surface area (Å²) in [6, 6.07) is 8.14. The molecule has 1 aromatic rings. The smallest absolute Gasteiger partial charge is 0.120 e. The maximum absolute atomic E-state index is 10.0. The summed E-state index contributed by atoms with van der Waals surface area (Å²) in [5.41, 5.74) is 0.913. The van der Waals surface area contributed by atoms with Crippen LogP contribution in [0.5, 0.6) is 5.75 Å². The molecular weight excluding hydrogens is 214 g/mol. The Morgan fingerprint density at radius 3 is 2.82 bits per heavy atom. The standard InChI is InChI=1S/C14H21NO2/c1-10(2)15-9-14(16)11-4-3-5-13(8-11)17-12-6-7-12/h3-5,8,10,12,14-16H,6-7,9H2,1-2H3. The molecule has 17 heavy (non-hydrogen) atoms. The van der Waals surface area contributed by atoms with Crippen LogP contribution in [-0.2, 0) is 0 Å². The fourth-order valence-corrected chi connectivity index (χ4v) is 1.64. The van der Waals surface area contributed by atoms with Crippen molar-refractivity contribution in [2.24, 2.45) is 0 Å². The van der Waals surface area contributed by atoms with Crippen molar-refractivity contribution < 1.29 is 9.84 Å². The van der Waals surface area contributed by atoms with Crippen LogP contribution in [0.4, 0.5) is 0 Å². The lowest BCUT2D eigenvalue weighted by atomic mass is 10.1. The van der Waals surface area contributed by atoms with Crippen LogP contribution in [0.3, 0.4) is 0 Å². The van der Waals surface area contributed by atoms with Gasteiger partial charge in [0.15, 0.2) is 0 Å². The van der Waals surface area contributed by atoms with Crippen LogP contribution < -0.4 is 10.1 Å². The van der Waals surface area contributed by atoms with E-state index in [-0.39, 0.29) is 0 Å². The maximum atomic E-state index is 10.0. The number of aliphatic hydroxyl groups excluding tert-OH is 1. The number of aliphatic hydroxyl groups is 1. The van der Waals surface area contributed by atoms with Crippen LogP contribution in [0.2, 0.25) is 0 Å². The van der Waals surface area contributed by atoms with Crippen molar-refractivity contribution in [1.29, 1.82) is 0 Å². The first-order chi connectivity index (χ1) is 8.15. The lowest BCUT2D eigenvalue weighted by molar-refractivity contribution is 0.171. The van der Waals surface area contributed by atoms with Gasteiger partial charge in [0, 0.05) is 12.6 Å². The van der Waals surface area contributed by atoms with Crippen molar-refractivity contribution >= 4 is 0 Å². The van der Waals surface area contributed by atoms with Crippen molar-refractivity contribution in [1.82, 2.24) is 5.32 Å². The molecule has 2 N–H and O–H groups in total. The van der Waals surface area contributed by atoms with Crippen molar-refractivity contribution in [3.05, 3.63) is 29.8 Å². The van der Waals surface area contributed by atoms with Gasteiger partial charge in [-0.3, -0.25) is 0 Å². The van der Waals surface area contributed by atoms with E-state index in [1.165, 1.54) is 0 Å². The van der Waals surface area contributed by atoms with Gasteiger partial charge in [0.25, 0.3) is 0 Å². The number of hydrogen-bond acceptors (Lipinski definition) is 3. The SMILES string of the molecule is CC(C)NCC(O)c1cccc(OC2CC2)c1. The quantitative estimate of drug-likeness (QED) is 0.794.